The molecule has 0 amide bonds. The van der Waals surface area contributed by atoms with Crippen LogP contribution in [0.1, 0.15) is 11.1 Å². The van der Waals surface area contributed by atoms with Gasteiger partial charge in [0.2, 0.25) is 0 Å². The maximum absolute atomic E-state index is 12.9. The molecule has 62 valence electrons. The monoisotopic (exact) mass is 187 g/mol. The number of rotatable bonds is 0. The van der Waals surface area contributed by atoms with Crippen LogP contribution in [0.4, 0.5) is 8.78 Å². The molecule has 0 radical (unpaired) electrons. The summed E-state index contributed by atoms with van der Waals surface area (Å²) in [5.74, 6) is -1.85. The zero-order valence-electron chi connectivity index (χ0n) is 6.16. The molecule has 0 aliphatic carbocycles. The van der Waals surface area contributed by atoms with Gasteiger partial charge in [-0.2, -0.15) is 5.26 Å². The van der Waals surface area contributed by atoms with Gasteiger partial charge in [-0.1, -0.05) is 11.6 Å². The van der Waals surface area contributed by atoms with E-state index in [0.29, 0.717) is 0 Å². The first-order valence-corrected chi connectivity index (χ1v) is 3.50. The summed E-state index contributed by atoms with van der Waals surface area (Å²) in [5, 5.41) is 8.13. The Morgan fingerprint density at radius 1 is 1.42 bits per heavy atom. The highest BCUT2D eigenvalue weighted by atomic mass is 35.5. The molecule has 1 rings (SSSR count). The minimum Gasteiger partial charge on any atom is -0.205 e. The molecule has 1 aromatic carbocycles. The molecule has 1 nitrogen and oxygen atoms in total. The van der Waals surface area contributed by atoms with Crippen LogP contribution in [0.2, 0.25) is 5.02 Å². The molecule has 0 aliphatic heterocycles. The van der Waals surface area contributed by atoms with Crippen molar-refractivity contribution in [3.8, 4) is 6.07 Å². The number of benzene rings is 1. The van der Waals surface area contributed by atoms with Gasteiger partial charge < -0.3 is 0 Å². The van der Waals surface area contributed by atoms with E-state index < -0.39 is 17.2 Å². The van der Waals surface area contributed by atoms with E-state index >= 15 is 0 Å². The molecule has 0 saturated heterocycles. The summed E-state index contributed by atoms with van der Waals surface area (Å²) in [7, 11) is 0. The van der Waals surface area contributed by atoms with Crippen molar-refractivity contribution < 1.29 is 8.78 Å². The van der Waals surface area contributed by atoms with E-state index in [9.17, 15) is 8.78 Å². The Morgan fingerprint density at radius 2 is 2.00 bits per heavy atom. The number of aryl methyl sites for hydroxylation is 1. The number of halogens is 3. The fraction of sp³-hybridized carbons (Fsp3) is 0.125. The maximum atomic E-state index is 12.9. The molecule has 0 aromatic heterocycles. The van der Waals surface area contributed by atoms with Gasteiger partial charge in [-0.3, -0.25) is 0 Å². The SMILES string of the molecule is Cc1cc(Cl)c(F)c(C#N)c1F. The molecule has 0 spiro atoms. The smallest absolute Gasteiger partial charge is 0.162 e. The Balaban J connectivity index is 3.56. The van der Waals surface area contributed by atoms with Crippen LogP contribution in [0, 0.1) is 29.9 Å². The van der Waals surface area contributed by atoms with Crippen LogP contribution in [0.3, 0.4) is 0 Å². The van der Waals surface area contributed by atoms with Gasteiger partial charge in [0.15, 0.2) is 5.82 Å². The number of hydrogen-bond acceptors (Lipinski definition) is 1. The quantitative estimate of drug-likeness (QED) is 0.573. The summed E-state index contributed by atoms with van der Waals surface area (Å²) in [6.07, 6.45) is 0. The minimum atomic E-state index is -0.998. The van der Waals surface area contributed by atoms with Crippen LogP contribution in [-0.2, 0) is 0 Å². The highest BCUT2D eigenvalue weighted by Crippen LogP contribution is 2.23. The predicted molar refractivity (Wildman–Crippen MR) is 40.8 cm³/mol. The molecule has 4 heteroatoms. The van der Waals surface area contributed by atoms with Crippen molar-refractivity contribution in [2.24, 2.45) is 0 Å². The van der Waals surface area contributed by atoms with Gasteiger partial charge >= 0.3 is 0 Å². The molecule has 0 unspecified atom stereocenters. The van der Waals surface area contributed by atoms with Crippen molar-refractivity contribution in [1.29, 1.82) is 5.26 Å². The third-order valence-corrected chi connectivity index (χ3v) is 1.72. The van der Waals surface area contributed by atoms with Gasteiger partial charge in [-0.25, -0.2) is 8.78 Å². The highest BCUT2D eigenvalue weighted by Gasteiger charge is 2.14. The van der Waals surface area contributed by atoms with Crippen LogP contribution in [0.15, 0.2) is 6.07 Å². The van der Waals surface area contributed by atoms with Gasteiger partial charge in [-0.05, 0) is 18.6 Å². The first-order chi connectivity index (χ1) is 5.57. The van der Waals surface area contributed by atoms with Crippen molar-refractivity contribution >= 4 is 11.6 Å². The lowest BCUT2D eigenvalue weighted by Gasteiger charge is -2.01. The molecule has 0 N–H and O–H groups in total. The Morgan fingerprint density at radius 3 is 2.50 bits per heavy atom. The van der Waals surface area contributed by atoms with Gasteiger partial charge in [0.25, 0.3) is 0 Å². The van der Waals surface area contributed by atoms with Gasteiger partial charge in [0, 0.05) is 0 Å². The van der Waals surface area contributed by atoms with Gasteiger partial charge in [-0.15, -0.1) is 0 Å². The Labute approximate surface area is 73.2 Å². The number of nitrogens with zero attached hydrogens (tertiary/aromatic N) is 1. The van der Waals surface area contributed by atoms with E-state index in [4.69, 9.17) is 16.9 Å². The Hall–Kier alpha value is -1.14. The van der Waals surface area contributed by atoms with Crippen molar-refractivity contribution in [3.63, 3.8) is 0 Å². The summed E-state index contributed by atoms with van der Waals surface area (Å²) in [5.41, 5.74) is -0.460. The predicted octanol–water partition coefficient (Wildman–Crippen LogP) is 2.80. The first-order valence-electron chi connectivity index (χ1n) is 3.12. The minimum absolute atomic E-state index is 0.165. The summed E-state index contributed by atoms with van der Waals surface area (Å²) in [4.78, 5) is 0. The topological polar surface area (TPSA) is 23.8 Å². The lowest BCUT2D eigenvalue weighted by molar-refractivity contribution is 0.571. The Kier molecular flexibility index (Phi) is 2.30. The third kappa shape index (κ3) is 1.26. The lowest BCUT2D eigenvalue weighted by Crippen LogP contribution is -1.94. The number of nitriles is 1. The molecule has 0 atom stereocenters. The van der Waals surface area contributed by atoms with Crippen molar-refractivity contribution in [3.05, 3.63) is 33.9 Å². The molecular weight excluding hydrogens is 184 g/mol. The zero-order chi connectivity index (χ0) is 9.30. The normalized spacial score (nSPS) is 9.58. The maximum Gasteiger partial charge on any atom is 0.162 e. The van der Waals surface area contributed by atoms with E-state index in [-0.39, 0.29) is 10.6 Å². The molecule has 0 aliphatic rings. The number of hydrogen-bond donors (Lipinski definition) is 0. The lowest BCUT2D eigenvalue weighted by atomic mass is 10.1. The molecule has 0 saturated carbocycles. The van der Waals surface area contributed by atoms with E-state index in [1.54, 1.807) is 0 Å². The van der Waals surface area contributed by atoms with Crippen molar-refractivity contribution in [1.82, 2.24) is 0 Å². The second-order valence-corrected chi connectivity index (χ2v) is 2.70. The molecule has 0 heterocycles. The fourth-order valence-electron chi connectivity index (χ4n) is 0.828. The summed E-state index contributed by atoms with van der Waals surface area (Å²) >= 11 is 5.38. The van der Waals surface area contributed by atoms with E-state index in [2.05, 4.69) is 0 Å². The van der Waals surface area contributed by atoms with Gasteiger partial charge in [0.05, 0.1) is 5.02 Å². The first kappa shape index (κ1) is 8.95. The molecule has 0 fully saturated rings. The van der Waals surface area contributed by atoms with Crippen molar-refractivity contribution in [2.45, 2.75) is 6.92 Å². The molecule has 0 bridgehead atoms. The largest absolute Gasteiger partial charge is 0.205 e. The summed E-state index contributed by atoms with van der Waals surface area (Å²) in [6, 6.07) is 2.56. The van der Waals surface area contributed by atoms with E-state index in [1.165, 1.54) is 13.0 Å². The second kappa shape index (κ2) is 3.08. The van der Waals surface area contributed by atoms with Crippen LogP contribution in [-0.4, -0.2) is 0 Å². The van der Waals surface area contributed by atoms with Crippen LogP contribution < -0.4 is 0 Å². The average Bonchev–Trinajstić information content (AvgIpc) is 2.02. The molecule has 12 heavy (non-hydrogen) atoms. The third-order valence-electron chi connectivity index (χ3n) is 1.45. The average molecular weight is 188 g/mol. The second-order valence-electron chi connectivity index (χ2n) is 2.29. The molecule has 1 aromatic rings. The van der Waals surface area contributed by atoms with Crippen molar-refractivity contribution in [2.75, 3.05) is 0 Å². The Bertz CT molecular complexity index is 342. The van der Waals surface area contributed by atoms with Crippen LogP contribution in [0.25, 0.3) is 0 Å². The fourth-order valence-corrected chi connectivity index (χ4v) is 1.09. The molecular formula is C8H4ClF2N. The zero-order valence-corrected chi connectivity index (χ0v) is 6.91. The highest BCUT2D eigenvalue weighted by molar-refractivity contribution is 6.30. The van der Waals surface area contributed by atoms with Crippen LogP contribution in [0.5, 0.6) is 0 Å². The van der Waals surface area contributed by atoms with Crippen LogP contribution >= 0.6 is 11.6 Å². The van der Waals surface area contributed by atoms with Gasteiger partial charge in [0.1, 0.15) is 17.4 Å². The van der Waals surface area contributed by atoms with E-state index in [1.807, 2.05) is 0 Å². The summed E-state index contributed by atoms with van der Waals surface area (Å²) in [6.45, 7) is 1.42. The standard InChI is InChI=1S/C8H4ClF2N/c1-4-2-6(9)8(11)5(3-12)7(4)10/h2H,1H3. The summed E-state index contributed by atoms with van der Waals surface area (Å²) < 4.78 is 25.8. The van der Waals surface area contributed by atoms with E-state index in [0.717, 1.165) is 6.07 Å².